The lowest BCUT2D eigenvalue weighted by atomic mass is 10.1. The largest absolute Gasteiger partial charge is 0.394 e. The van der Waals surface area contributed by atoms with Crippen LogP contribution in [0.15, 0.2) is 17.1 Å². The van der Waals surface area contributed by atoms with Gasteiger partial charge in [-0.2, -0.15) is 9.78 Å². The number of rotatable bonds is 3. The number of hydrogen-bond donors (Lipinski definition) is 3. The fraction of sp³-hybridized carbons (Fsp3) is 0.636. The van der Waals surface area contributed by atoms with Gasteiger partial charge in [-0.15, -0.1) is 0 Å². The second-order valence-corrected chi connectivity index (χ2v) is 4.62. The van der Waals surface area contributed by atoms with Crippen LogP contribution in [-0.2, 0) is 4.74 Å². The molecule has 1 aliphatic rings. The predicted octanol–water partition coefficient (Wildman–Crippen LogP) is -2.08. The summed E-state index contributed by atoms with van der Waals surface area (Å²) >= 11 is 0. The van der Waals surface area contributed by atoms with Crippen LogP contribution in [0, 0.1) is 0 Å². The van der Waals surface area contributed by atoms with Gasteiger partial charge >= 0.3 is 0 Å². The number of aromatic nitrogens is 2. The van der Waals surface area contributed by atoms with Crippen LogP contribution >= 0.6 is 0 Å². The van der Waals surface area contributed by atoms with Crippen molar-refractivity contribution in [1.82, 2.24) is 9.78 Å². The van der Waals surface area contributed by atoms with Crippen molar-refractivity contribution in [1.29, 1.82) is 0 Å². The van der Waals surface area contributed by atoms with Crippen molar-refractivity contribution >= 4 is 5.69 Å². The molecule has 2 heterocycles. The summed E-state index contributed by atoms with van der Waals surface area (Å²) < 4.78 is 6.19. The average Bonchev–Trinajstić information content (AvgIpc) is 2.66. The number of aliphatic hydroxyl groups is 3. The van der Waals surface area contributed by atoms with Gasteiger partial charge in [-0.05, 0) is 0 Å². The third-order valence-corrected chi connectivity index (χ3v) is 3.09. The third-order valence-electron chi connectivity index (χ3n) is 3.09. The van der Waals surface area contributed by atoms with Crippen LogP contribution in [-0.4, -0.2) is 64.1 Å². The van der Waals surface area contributed by atoms with E-state index in [0.717, 1.165) is 4.68 Å². The second-order valence-electron chi connectivity index (χ2n) is 4.62. The van der Waals surface area contributed by atoms with E-state index >= 15 is 0 Å². The SMILES string of the molecule is CN(C)c1cnn([C@@H]2O[C@H](CO)[C@@H](O)[C@H]2O)c(=O)c1. The molecule has 4 atom stereocenters. The lowest BCUT2D eigenvalue weighted by molar-refractivity contribution is -0.0609. The molecule has 8 heteroatoms. The Morgan fingerprint density at radius 2 is 2.11 bits per heavy atom. The minimum atomic E-state index is -1.31. The standard InChI is InChI=1S/C11H17N3O5/c1-13(2)6-3-8(16)14(12-4-6)11-10(18)9(17)7(5-15)19-11/h3-4,7,9-11,15,17-18H,5H2,1-2H3/t7-,9-,10-,11-/m1/s1. The highest BCUT2D eigenvalue weighted by Gasteiger charge is 2.44. The van der Waals surface area contributed by atoms with Crippen LogP contribution in [0.1, 0.15) is 6.23 Å². The fourth-order valence-corrected chi connectivity index (χ4v) is 1.93. The lowest BCUT2D eigenvalue weighted by Gasteiger charge is -2.18. The first-order valence-electron chi connectivity index (χ1n) is 5.84. The van der Waals surface area contributed by atoms with Crippen LogP contribution in [0.2, 0.25) is 0 Å². The summed E-state index contributed by atoms with van der Waals surface area (Å²) in [5.41, 5.74) is 0.161. The normalized spacial score (nSPS) is 30.6. The molecule has 1 aromatic rings. The van der Waals surface area contributed by atoms with Crippen molar-refractivity contribution in [3.8, 4) is 0 Å². The minimum Gasteiger partial charge on any atom is -0.394 e. The van der Waals surface area contributed by atoms with E-state index in [0.29, 0.717) is 5.69 Å². The molecule has 1 aliphatic heterocycles. The van der Waals surface area contributed by atoms with Crippen molar-refractivity contribution in [2.75, 3.05) is 25.6 Å². The Morgan fingerprint density at radius 3 is 2.58 bits per heavy atom. The van der Waals surface area contributed by atoms with Crippen molar-refractivity contribution in [3.63, 3.8) is 0 Å². The van der Waals surface area contributed by atoms with E-state index in [2.05, 4.69) is 5.10 Å². The minimum absolute atomic E-state index is 0.445. The molecule has 0 aromatic carbocycles. The van der Waals surface area contributed by atoms with Crippen LogP contribution in [0.3, 0.4) is 0 Å². The molecule has 1 fully saturated rings. The summed E-state index contributed by atoms with van der Waals surface area (Å²) in [5, 5.41) is 32.4. The molecule has 0 spiro atoms. The monoisotopic (exact) mass is 271 g/mol. The van der Waals surface area contributed by atoms with Gasteiger partial charge < -0.3 is 25.0 Å². The van der Waals surface area contributed by atoms with Gasteiger partial charge in [0.25, 0.3) is 5.56 Å². The van der Waals surface area contributed by atoms with E-state index in [-0.39, 0.29) is 0 Å². The zero-order chi connectivity index (χ0) is 14.2. The van der Waals surface area contributed by atoms with Gasteiger partial charge in [-0.3, -0.25) is 4.79 Å². The van der Waals surface area contributed by atoms with Crippen molar-refractivity contribution < 1.29 is 20.1 Å². The summed E-state index contributed by atoms with van der Waals surface area (Å²) in [6.45, 7) is -0.445. The van der Waals surface area contributed by atoms with Crippen molar-refractivity contribution in [2.24, 2.45) is 0 Å². The Labute approximate surface area is 109 Å². The first-order chi connectivity index (χ1) is 8.95. The van der Waals surface area contributed by atoms with Gasteiger partial charge in [0, 0.05) is 20.2 Å². The summed E-state index contributed by atoms with van der Waals surface area (Å²) in [6, 6.07) is 1.35. The molecule has 1 saturated heterocycles. The molecular formula is C11H17N3O5. The maximum absolute atomic E-state index is 11.9. The van der Waals surface area contributed by atoms with E-state index in [1.807, 2.05) is 0 Å². The fourth-order valence-electron chi connectivity index (χ4n) is 1.93. The van der Waals surface area contributed by atoms with Gasteiger partial charge in [0.2, 0.25) is 0 Å². The summed E-state index contributed by atoms with van der Waals surface area (Å²) in [4.78, 5) is 13.6. The van der Waals surface area contributed by atoms with Gasteiger partial charge in [-0.25, -0.2) is 0 Å². The predicted molar refractivity (Wildman–Crippen MR) is 65.8 cm³/mol. The molecule has 0 saturated carbocycles. The van der Waals surface area contributed by atoms with Crippen molar-refractivity contribution in [3.05, 3.63) is 22.6 Å². The van der Waals surface area contributed by atoms with Crippen LogP contribution in [0.25, 0.3) is 0 Å². The molecule has 0 unspecified atom stereocenters. The number of nitrogens with zero attached hydrogens (tertiary/aromatic N) is 3. The van der Waals surface area contributed by atoms with Crippen LogP contribution in [0.4, 0.5) is 5.69 Å². The molecule has 0 amide bonds. The van der Waals surface area contributed by atoms with Crippen LogP contribution < -0.4 is 10.5 Å². The average molecular weight is 271 g/mol. The Bertz CT molecular complexity index is 503. The van der Waals surface area contributed by atoms with Gasteiger partial charge in [-0.1, -0.05) is 0 Å². The molecule has 0 aliphatic carbocycles. The zero-order valence-corrected chi connectivity index (χ0v) is 10.7. The highest BCUT2D eigenvalue weighted by atomic mass is 16.6. The van der Waals surface area contributed by atoms with E-state index in [1.54, 1.807) is 19.0 Å². The van der Waals surface area contributed by atoms with Gasteiger partial charge in [0.15, 0.2) is 6.23 Å². The van der Waals surface area contributed by atoms with E-state index < -0.39 is 36.7 Å². The smallest absolute Gasteiger partial charge is 0.271 e. The number of anilines is 1. The molecular weight excluding hydrogens is 254 g/mol. The van der Waals surface area contributed by atoms with E-state index in [4.69, 9.17) is 9.84 Å². The molecule has 0 bridgehead atoms. The van der Waals surface area contributed by atoms with Crippen molar-refractivity contribution in [2.45, 2.75) is 24.5 Å². The molecule has 0 radical (unpaired) electrons. The zero-order valence-electron chi connectivity index (χ0n) is 10.7. The number of hydrogen-bond acceptors (Lipinski definition) is 7. The number of aliphatic hydroxyl groups excluding tert-OH is 3. The summed E-state index contributed by atoms with van der Waals surface area (Å²) in [5.74, 6) is 0. The molecule has 19 heavy (non-hydrogen) atoms. The lowest BCUT2D eigenvalue weighted by Crippen LogP contribution is -2.36. The Kier molecular flexibility index (Phi) is 3.85. The number of ether oxygens (including phenoxy) is 1. The molecule has 106 valence electrons. The quantitative estimate of drug-likeness (QED) is 0.579. The molecule has 3 N–H and O–H groups in total. The Morgan fingerprint density at radius 1 is 1.42 bits per heavy atom. The third kappa shape index (κ3) is 2.47. The van der Waals surface area contributed by atoms with Crippen LogP contribution in [0.5, 0.6) is 0 Å². The highest BCUT2D eigenvalue weighted by molar-refractivity contribution is 5.40. The van der Waals surface area contributed by atoms with Gasteiger partial charge in [0.1, 0.15) is 18.3 Å². The summed E-state index contributed by atoms with van der Waals surface area (Å²) in [6.07, 6.45) is -3.14. The second kappa shape index (κ2) is 5.25. The first kappa shape index (κ1) is 13.9. The van der Waals surface area contributed by atoms with Gasteiger partial charge in [0.05, 0.1) is 18.5 Å². The topological polar surface area (TPSA) is 108 Å². The summed E-state index contributed by atoms with van der Waals surface area (Å²) in [7, 11) is 3.54. The molecule has 1 aromatic heterocycles. The highest BCUT2D eigenvalue weighted by Crippen LogP contribution is 2.27. The Hall–Kier alpha value is -1.48. The maximum atomic E-state index is 11.9. The molecule has 2 rings (SSSR count). The molecule has 8 nitrogen and oxygen atoms in total. The van der Waals surface area contributed by atoms with E-state index in [9.17, 15) is 15.0 Å². The first-order valence-corrected chi connectivity index (χ1v) is 5.84. The maximum Gasteiger partial charge on any atom is 0.271 e. The van der Waals surface area contributed by atoms with E-state index in [1.165, 1.54) is 12.3 Å². The Balaban J connectivity index is 2.31.